The summed E-state index contributed by atoms with van der Waals surface area (Å²) in [6.45, 7) is 9.41. The maximum Gasteiger partial charge on any atom is 0.339 e. The van der Waals surface area contributed by atoms with Gasteiger partial charge in [0.1, 0.15) is 17.1 Å². The van der Waals surface area contributed by atoms with E-state index in [1.807, 2.05) is 6.92 Å². The van der Waals surface area contributed by atoms with Gasteiger partial charge in [-0.3, -0.25) is 0 Å². The number of carboxylic acid groups (broad SMARTS) is 1. The minimum Gasteiger partial charge on any atom is -0.507 e. The van der Waals surface area contributed by atoms with Crippen molar-refractivity contribution in [2.24, 2.45) is 0 Å². The standard InChI is InChI=1S/C19H26O4.C3H6/c1-3-4-5-9-14-17(13-8-6-7-12(2)10-13)15(20)11-16(21)18(14)19(22)23;1-3-2/h10-11,13,20-21H,3-9H2,1-2H3,(H,22,23);3H,1H2,2H3/t13-;/m1./s1. The lowest BCUT2D eigenvalue weighted by atomic mass is 9.80. The zero-order chi connectivity index (χ0) is 19.7. The molecule has 26 heavy (non-hydrogen) atoms. The zero-order valence-electron chi connectivity index (χ0n) is 16.2. The van der Waals surface area contributed by atoms with Crippen LogP contribution in [-0.2, 0) is 6.42 Å². The smallest absolute Gasteiger partial charge is 0.339 e. The van der Waals surface area contributed by atoms with E-state index >= 15 is 0 Å². The fourth-order valence-electron chi connectivity index (χ4n) is 3.53. The molecule has 1 atom stereocenters. The van der Waals surface area contributed by atoms with Crippen LogP contribution in [0.3, 0.4) is 0 Å². The topological polar surface area (TPSA) is 77.8 Å². The molecule has 4 nitrogen and oxygen atoms in total. The number of hydrogen-bond donors (Lipinski definition) is 3. The molecular formula is C22H32O4. The monoisotopic (exact) mass is 360 g/mol. The summed E-state index contributed by atoms with van der Waals surface area (Å²) in [5, 5.41) is 29.9. The fourth-order valence-corrected chi connectivity index (χ4v) is 3.53. The summed E-state index contributed by atoms with van der Waals surface area (Å²) < 4.78 is 0. The number of aromatic hydroxyl groups is 2. The van der Waals surface area contributed by atoms with Gasteiger partial charge in [-0.25, -0.2) is 4.79 Å². The van der Waals surface area contributed by atoms with E-state index in [0.29, 0.717) is 17.5 Å². The molecule has 1 aromatic carbocycles. The summed E-state index contributed by atoms with van der Waals surface area (Å²) in [4.78, 5) is 11.6. The van der Waals surface area contributed by atoms with Crippen LogP contribution in [0, 0.1) is 0 Å². The summed E-state index contributed by atoms with van der Waals surface area (Å²) in [7, 11) is 0. The molecule has 0 aliphatic heterocycles. The molecule has 0 unspecified atom stereocenters. The second kappa shape index (κ2) is 10.7. The molecule has 2 rings (SSSR count). The molecule has 1 aliphatic rings. The Morgan fingerprint density at radius 2 is 1.96 bits per heavy atom. The first-order valence-electron chi connectivity index (χ1n) is 9.42. The van der Waals surface area contributed by atoms with Crippen molar-refractivity contribution in [2.45, 2.75) is 71.6 Å². The van der Waals surface area contributed by atoms with Gasteiger partial charge in [-0.15, -0.1) is 6.58 Å². The third-order valence-electron chi connectivity index (χ3n) is 4.62. The van der Waals surface area contributed by atoms with Crippen molar-refractivity contribution in [1.82, 2.24) is 0 Å². The van der Waals surface area contributed by atoms with Gasteiger partial charge in [0.05, 0.1) is 0 Å². The Kier molecular flexibility index (Phi) is 8.97. The van der Waals surface area contributed by atoms with Crippen LogP contribution in [0.2, 0.25) is 0 Å². The Morgan fingerprint density at radius 1 is 1.31 bits per heavy atom. The van der Waals surface area contributed by atoms with E-state index in [1.165, 1.54) is 11.6 Å². The van der Waals surface area contributed by atoms with Crippen LogP contribution in [0.1, 0.15) is 86.7 Å². The largest absolute Gasteiger partial charge is 0.507 e. The number of hydrogen-bond acceptors (Lipinski definition) is 3. The van der Waals surface area contributed by atoms with E-state index < -0.39 is 5.97 Å². The van der Waals surface area contributed by atoms with E-state index in [4.69, 9.17) is 0 Å². The van der Waals surface area contributed by atoms with Crippen LogP contribution in [-0.4, -0.2) is 21.3 Å². The number of phenolic OH excluding ortho intramolecular Hbond substituents is 1. The number of benzene rings is 1. The number of allylic oxidation sites excluding steroid dienone is 3. The molecule has 0 amide bonds. The van der Waals surface area contributed by atoms with E-state index in [9.17, 15) is 20.1 Å². The highest BCUT2D eigenvalue weighted by Crippen LogP contribution is 2.42. The van der Waals surface area contributed by atoms with Crippen LogP contribution >= 0.6 is 0 Å². The van der Waals surface area contributed by atoms with Gasteiger partial charge in [-0.2, -0.15) is 0 Å². The molecule has 144 valence electrons. The molecule has 0 saturated heterocycles. The van der Waals surface area contributed by atoms with Crippen LogP contribution in [0.15, 0.2) is 30.4 Å². The fraction of sp³-hybridized carbons (Fsp3) is 0.500. The first-order chi connectivity index (χ1) is 12.4. The Labute approximate surface area is 156 Å². The number of carboxylic acids is 1. The molecule has 0 aromatic heterocycles. The van der Waals surface area contributed by atoms with Crippen molar-refractivity contribution in [1.29, 1.82) is 0 Å². The number of rotatable bonds is 6. The number of carbonyl (C=O) groups is 1. The highest BCUT2D eigenvalue weighted by molar-refractivity contribution is 5.93. The van der Waals surface area contributed by atoms with Gasteiger partial charge in [0.15, 0.2) is 0 Å². The first kappa shape index (κ1) is 21.8. The quantitative estimate of drug-likeness (QED) is 0.434. The Balaban J connectivity index is 0.00000105. The first-order valence-corrected chi connectivity index (χ1v) is 9.42. The van der Waals surface area contributed by atoms with E-state index in [2.05, 4.69) is 26.5 Å². The van der Waals surface area contributed by atoms with Crippen LogP contribution in [0.4, 0.5) is 0 Å². The lowest BCUT2D eigenvalue weighted by Gasteiger charge is -2.25. The molecule has 0 saturated carbocycles. The maximum absolute atomic E-state index is 11.6. The molecular weight excluding hydrogens is 328 g/mol. The van der Waals surface area contributed by atoms with Gasteiger partial charge in [0, 0.05) is 17.5 Å². The molecule has 0 bridgehead atoms. The minimum absolute atomic E-state index is 0.00921. The van der Waals surface area contributed by atoms with Crippen molar-refractivity contribution < 1.29 is 20.1 Å². The maximum atomic E-state index is 11.6. The van der Waals surface area contributed by atoms with Crippen molar-refractivity contribution in [3.05, 3.63) is 47.1 Å². The predicted octanol–water partition coefficient (Wildman–Crippen LogP) is 5.93. The average molecular weight is 360 g/mol. The van der Waals surface area contributed by atoms with Gasteiger partial charge < -0.3 is 15.3 Å². The molecule has 0 fully saturated rings. The summed E-state index contributed by atoms with van der Waals surface area (Å²) in [5.74, 6) is -1.44. The summed E-state index contributed by atoms with van der Waals surface area (Å²) in [6, 6.07) is 1.18. The second-order valence-electron chi connectivity index (χ2n) is 6.86. The molecule has 0 radical (unpaired) electrons. The Morgan fingerprint density at radius 3 is 2.50 bits per heavy atom. The second-order valence-corrected chi connectivity index (χ2v) is 6.86. The highest BCUT2D eigenvalue weighted by atomic mass is 16.4. The third-order valence-corrected chi connectivity index (χ3v) is 4.62. The van der Waals surface area contributed by atoms with Crippen molar-refractivity contribution in [3.63, 3.8) is 0 Å². The molecule has 4 heteroatoms. The molecule has 3 N–H and O–H groups in total. The van der Waals surface area contributed by atoms with Crippen LogP contribution in [0.5, 0.6) is 11.5 Å². The van der Waals surface area contributed by atoms with Gasteiger partial charge in [-0.1, -0.05) is 37.5 Å². The van der Waals surface area contributed by atoms with Crippen LogP contribution in [0.25, 0.3) is 0 Å². The Bertz CT molecular complexity index is 659. The van der Waals surface area contributed by atoms with E-state index in [1.54, 1.807) is 6.08 Å². The van der Waals surface area contributed by atoms with E-state index in [-0.39, 0.29) is 23.0 Å². The summed E-state index contributed by atoms with van der Waals surface area (Å²) in [6.07, 6.45) is 10.3. The normalized spacial score (nSPS) is 16.3. The lowest BCUT2D eigenvalue weighted by molar-refractivity contribution is 0.0692. The minimum atomic E-state index is -1.13. The molecule has 1 aromatic rings. The average Bonchev–Trinajstić information content (AvgIpc) is 2.55. The van der Waals surface area contributed by atoms with E-state index in [0.717, 1.165) is 38.5 Å². The van der Waals surface area contributed by atoms with Crippen LogP contribution < -0.4 is 0 Å². The third kappa shape index (κ3) is 5.65. The summed E-state index contributed by atoms with van der Waals surface area (Å²) in [5.41, 5.74) is 2.50. The lowest BCUT2D eigenvalue weighted by Crippen LogP contribution is -2.11. The number of unbranched alkanes of at least 4 members (excludes halogenated alkanes) is 2. The van der Waals surface area contributed by atoms with Crippen molar-refractivity contribution in [2.75, 3.05) is 0 Å². The SMILES string of the molecule is C=CC.CCCCCc1c(C(=O)O)c(O)cc(O)c1[C@H]1C=C(C)CCC1. The van der Waals surface area contributed by atoms with Gasteiger partial charge in [-0.05, 0) is 51.5 Å². The number of aromatic carboxylic acids is 1. The van der Waals surface area contributed by atoms with Gasteiger partial charge in [0.2, 0.25) is 0 Å². The zero-order valence-corrected chi connectivity index (χ0v) is 16.2. The molecule has 0 heterocycles. The van der Waals surface area contributed by atoms with Gasteiger partial charge in [0.25, 0.3) is 0 Å². The highest BCUT2D eigenvalue weighted by Gasteiger charge is 2.27. The Hall–Kier alpha value is -2.23. The molecule has 1 aliphatic carbocycles. The number of phenols is 2. The molecule has 0 spiro atoms. The predicted molar refractivity (Wildman–Crippen MR) is 106 cm³/mol. The van der Waals surface area contributed by atoms with Crippen molar-refractivity contribution in [3.8, 4) is 11.5 Å². The summed E-state index contributed by atoms with van der Waals surface area (Å²) >= 11 is 0. The van der Waals surface area contributed by atoms with Crippen molar-refractivity contribution >= 4 is 5.97 Å². The van der Waals surface area contributed by atoms with Gasteiger partial charge >= 0.3 is 5.97 Å².